The lowest BCUT2D eigenvalue weighted by Gasteiger charge is -2.05. The SMILES string of the molecule is Cc1ccc2[nH]c(C(=O)[O-])c(-c3ccccc3)c2c1. The van der Waals surface area contributed by atoms with Crippen molar-refractivity contribution in [2.45, 2.75) is 6.92 Å². The third-order valence-electron chi connectivity index (χ3n) is 3.22. The van der Waals surface area contributed by atoms with E-state index in [1.807, 2.05) is 55.5 Å². The van der Waals surface area contributed by atoms with Gasteiger partial charge in [0.1, 0.15) is 0 Å². The molecule has 0 aliphatic carbocycles. The fourth-order valence-electron chi connectivity index (χ4n) is 2.36. The number of nitrogens with one attached hydrogen (secondary N) is 1. The van der Waals surface area contributed by atoms with Crippen molar-refractivity contribution in [3.63, 3.8) is 0 Å². The summed E-state index contributed by atoms with van der Waals surface area (Å²) in [7, 11) is 0. The molecule has 1 heterocycles. The van der Waals surface area contributed by atoms with Gasteiger partial charge in [-0.3, -0.25) is 0 Å². The number of carbonyl (C=O) groups excluding carboxylic acids is 1. The van der Waals surface area contributed by atoms with Crippen molar-refractivity contribution in [1.29, 1.82) is 0 Å². The van der Waals surface area contributed by atoms with Gasteiger partial charge in [-0.2, -0.15) is 0 Å². The summed E-state index contributed by atoms with van der Waals surface area (Å²) in [5.74, 6) is -1.19. The normalized spacial score (nSPS) is 10.8. The highest BCUT2D eigenvalue weighted by molar-refractivity contribution is 6.07. The topological polar surface area (TPSA) is 55.9 Å². The van der Waals surface area contributed by atoms with E-state index in [-0.39, 0.29) is 5.69 Å². The van der Waals surface area contributed by atoms with Crippen LogP contribution in [0.5, 0.6) is 0 Å². The van der Waals surface area contributed by atoms with Crippen LogP contribution in [-0.2, 0) is 0 Å². The van der Waals surface area contributed by atoms with Crippen LogP contribution in [0.2, 0.25) is 0 Å². The van der Waals surface area contributed by atoms with Crippen LogP contribution in [0.25, 0.3) is 22.0 Å². The molecule has 0 unspecified atom stereocenters. The zero-order valence-electron chi connectivity index (χ0n) is 10.4. The molecule has 0 saturated heterocycles. The standard InChI is InChI=1S/C16H13NO2/c1-10-7-8-13-12(9-10)14(15(17-13)16(18)19)11-5-3-2-4-6-11/h2-9,17H,1H3,(H,18,19)/p-1. The summed E-state index contributed by atoms with van der Waals surface area (Å²) in [5, 5.41) is 12.2. The minimum Gasteiger partial charge on any atom is -0.543 e. The number of hydrogen-bond donors (Lipinski definition) is 1. The Kier molecular flexibility index (Phi) is 2.60. The lowest BCUT2D eigenvalue weighted by atomic mass is 10.0. The van der Waals surface area contributed by atoms with Gasteiger partial charge in [-0.1, -0.05) is 42.0 Å². The molecule has 0 fully saturated rings. The summed E-state index contributed by atoms with van der Waals surface area (Å²) < 4.78 is 0. The van der Waals surface area contributed by atoms with Crippen LogP contribution in [-0.4, -0.2) is 11.0 Å². The molecule has 94 valence electrons. The number of carboxylic acid groups (broad SMARTS) is 1. The Bertz CT molecular complexity index is 757. The number of hydrogen-bond acceptors (Lipinski definition) is 2. The van der Waals surface area contributed by atoms with Gasteiger partial charge in [0, 0.05) is 16.5 Å². The number of aromatic amines is 1. The highest BCUT2D eigenvalue weighted by Gasteiger charge is 2.13. The number of fused-ring (bicyclic) bond motifs is 1. The first-order chi connectivity index (χ1) is 9.16. The van der Waals surface area contributed by atoms with Gasteiger partial charge in [0.15, 0.2) is 0 Å². The van der Waals surface area contributed by atoms with Gasteiger partial charge >= 0.3 is 0 Å². The number of aromatic carboxylic acids is 1. The number of rotatable bonds is 2. The van der Waals surface area contributed by atoms with E-state index < -0.39 is 5.97 Å². The molecule has 3 aromatic rings. The molecule has 3 rings (SSSR count). The van der Waals surface area contributed by atoms with Crippen LogP contribution >= 0.6 is 0 Å². The van der Waals surface area contributed by atoms with Crippen molar-refractivity contribution in [3.05, 3.63) is 59.8 Å². The molecule has 0 spiro atoms. The van der Waals surface area contributed by atoms with E-state index in [1.165, 1.54) is 0 Å². The van der Waals surface area contributed by atoms with Crippen LogP contribution in [0.3, 0.4) is 0 Å². The molecule has 0 saturated carbocycles. The summed E-state index contributed by atoms with van der Waals surface area (Å²) in [6.45, 7) is 1.99. The Labute approximate surface area is 110 Å². The third kappa shape index (κ3) is 1.89. The van der Waals surface area contributed by atoms with Crippen LogP contribution in [0.4, 0.5) is 0 Å². The van der Waals surface area contributed by atoms with Gasteiger partial charge in [-0.05, 0) is 24.6 Å². The zero-order valence-corrected chi connectivity index (χ0v) is 10.4. The molecule has 0 atom stereocenters. The van der Waals surface area contributed by atoms with Crippen molar-refractivity contribution >= 4 is 16.9 Å². The summed E-state index contributed by atoms with van der Waals surface area (Å²) in [6, 6.07) is 15.3. The summed E-state index contributed by atoms with van der Waals surface area (Å²) >= 11 is 0. The first-order valence-electron chi connectivity index (χ1n) is 6.06. The first-order valence-corrected chi connectivity index (χ1v) is 6.06. The number of carboxylic acids is 1. The summed E-state index contributed by atoms with van der Waals surface area (Å²) in [4.78, 5) is 14.2. The number of carbonyl (C=O) groups is 1. The third-order valence-corrected chi connectivity index (χ3v) is 3.22. The fourth-order valence-corrected chi connectivity index (χ4v) is 2.36. The molecule has 3 heteroatoms. The highest BCUT2D eigenvalue weighted by atomic mass is 16.4. The second-order valence-electron chi connectivity index (χ2n) is 4.58. The summed E-state index contributed by atoms with van der Waals surface area (Å²) in [5.41, 5.74) is 3.60. The van der Waals surface area contributed by atoms with Gasteiger partial charge in [-0.15, -0.1) is 0 Å². The van der Waals surface area contributed by atoms with Crippen molar-refractivity contribution < 1.29 is 9.90 Å². The van der Waals surface area contributed by atoms with Gasteiger partial charge in [0.05, 0.1) is 11.7 Å². The number of aromatic nitrogens is 1. The predicted molar refractivity (Wildman–Crippen MR) is 72.8 cm³/mol. The minimum atomic E-state index is -1.19. The van der Waals surface area contributed by atoms with Gasteiger partial charge in [0.2, 0.25) is 0 Å². The van der Waals surface area contributed by atoms with E-state index in [1.54, 1.807) is 0 Å². The molecule has 0 aliphatic rings. The first kappa shape index (κ1) is 11.5. The average molecular weight is 250 g/mol. The molecular formula is C16H12NO2-. The van der Waals surface area contributed by atoms with E-state index >= 15 is 0 Å². The van der Waals surface area contributed by atoms with Crippen LogP contribution < -0.4 is 5.11 Å². The molecule has 1 aromatic heterocycles. The van der Waals surface area contributed by atoms with Gasteiger partial charge in [0.25, 0.3) is 0 Å². The molecule has 0 amide bonds. The lowest BCUT2D eigenvalue weighted by molar-refractivity contribution is -0.255. The maximum atomic E-state index is 11.3. The molecule has 0 bridgehead atoms. The Morgan fingerprint density at radius 3 is 2.53 bits per heavy atom. The average Bonchev–Trinajstić information content (AvgIpc) is 2.78. The van der Waals surface area contributed by atoms with E-state index in [2.05, 4.69) is 4.98 Å². The van der Waals surface area contributed by atoms with Crippen LogP contribution in [0.15, 0.2) is 48.5 Å². The van der Waals surface area contributed by atoms with Crippen LogP contribution in [0.1, 0.15) is 16.1 Å². The molecule has 2 aromatic carbocycles. The molecule has 0 radical (unpaired) electrons. The van der Waals surface area contributed by atoms with Gasteiger partial charge in [-0.25, -0.2) is 0 Å². The smallest absolute Gasteiger partial charge is 0.0884 e. The quantitative estimate of drug-likeness (QED) is 0.759. The molecule has 19 heavy (non-hydrogen) atoms. The Morgan fingerprint density at radius 2 is 1.84 bits per heavy atom. The molecular weight excluding hydrogens is 238 g/mol. The summed E-state index contributed by atoms with van der Waals surface area (Å²) in [6.07, 6.45) is 0. The maximum Gasteiger partial charge on any atom is 0.0884 e. The number of aryl methyl sites for hydroxylation is 1. The Hall–Kier alpha value is -2.55. The van der Waals surface area contributed by atoms with Gasteiger partial charge < -0.3 is 14.9 Å². The van der Waals surface area contributed by atoms with Crippen molar-refractivity contribution in [2.24, 2.45) is 0 Å². The predicted octanol–water partition coefficient (Wildman–Crippen LogP) is 2.51. The Balaban J connectivity index is 2.40. The van der Waals surface area contributed by atoms with Crippen molar-refractivity contribution in [2.75, 3.05) is 0 Å². The van der Waals surface area contributed by atoms with Crippen molar-refractivity contribution in [1.82, 2.24) is 4.98 Å². The largest absolute Gasteiger partial charge is 0.543 e. The highest BCUT2D eigenvalue weighted by Crippen LogP contribution is 2.32. The van der Waals surface area contributed by atoms with E-state index in [4.69, 9.17) is 0 Å². The second kappa shape index (κ2) is 4.28. The lowest BCUT2D eigenvalue weighted by Crippen LogP contribution is -2.23. The van der Waals surface area contributed by atoms with Crippen LogP contribution in [0, 0.1) is 6.92 Å². The Morgan fingerprint density at radius 1 is 1.11 bits per heavy atom. The van der Waals surface area contributed by atoms with E-state index in [9.17, 15) is 9.90 Å². The fraction of sp³-hybridized carbons (Fsp3) is 0.0625. The van der Waals surface area contributed by atoms with Crippen molar-refractivity contribution in [3.8, 4) is 11.1 Å². The minimum absolute atomic E-state index is 0.131. The number of H-pyrrole nitrogens is 1. The molecule has 1 N–H and O–H groups in total. The molecule has 3 nitrogen and oxygen atoms in total. The monoisotopic (exact) mass is 250 g/mol. The molecule has 0 aliphatic heterocycles. The number of benzene rings is 2. The van der Waals surface area contributed by atoms with E-state index in [0.717, 1.165) is 22.0 Å². The van der Waals surface area contributed by atoms with E-state index in [0.29, 0.717) is 5.56 Å². The maximum absolute atomic E-state index is 11.3. The zero-order chi connectivity index (χ0) is 13.4. The second-order valence-corrected chi connectivity index (χ2v) is 4.58.